The Labute approximate surface area is 147 Å². The van der Waals surface area contributed by atoms with E-state index < -0.39 is 0 Å². The number of nitrogens with zero attached hydrogens (tertiary/aromatic N) is 1. The van der Waals surface area contributed by atoms with Gasteiger partial charge in [0.15, 0.2) is 0 Å². The Morgan fingerprint density at radius 3 is 2.75 bits per heavy atom. The van der Waals surface area contributed by atoms with E-state index in [4.69, 9.17) is 16.3 Å². The SMILES string of the molecule is COc1ccccc1C1(CNC(=O)c2ccncc2Cl)CCCC1. The van der Waals surface area contributed by atoms with E-state index >= 15 is 0 Å². The molecule has 0 radical (unpaired) electrons. The summed E-state index contributed by atoms with van der Waals surface area (Å²) in [6, 6.07) is 9.73. The molecule has 1 heterocycles. The highest BCUT2D eigenvalue weighted by Gasteiger charge is 2.38. The first-order valence-corrected chi connectivity index (χ1v) is 8.55. The molecule has 0 spiro atoms. The van der Waals surface area contributed by atoms with Crippen molar-refractivity contribution in [2.75, 3.05) is 13.7 Å². The summed E-state index contributed by atoms with van der Waals surface area (Å²) >= 11 is 6.07. The standard InChI is InChI=1S/C19H21ClN2O2/c1-24-17-7-3-2-6-15(17)19(9-4-5-10-19)13-22-18(23)14-8-11-21-12-16(14)20/h2-3,6-8,11-12H,4-5,9-10,13H2,1H3,(H,22,23). The van der Waals surface area contributed by atoms with Gasteiger partial charge >= 0.3 is 0 Å². The van der Waals surface area contributed by atoms with Crippen molar-refractivity contribution in [3.05, 3.63) is 58.9 Å². The van der Waals surface area contributed by atoms with Crippen LogP contribution in [0.5, 0.6) is 5.75 Å². The van der Waals surface area contributed by atoms with Gasteiger partial charge in [-0.1, -0.05) is 42.6 Å². The van der Waals surface area contributed by atoms with Crippen LogP contribution >= 0.6 is 11.6 Å². The van der Waals surface area contributed by atoms with Crippen molar-refractivity contribution in [1.29, 1.82) is 0 Å². The zero-order chi connectivity index (χ0) is 17.0. The molecule has 126 valence electrons. The lowest BCUT2D eigenvalue weighted by molar-refractivity contribution is 0.0943. The van der Waals surface area contributed by atoms with Crippen molar-refractivity contribution in [2.24, 2.45) is 0 Å². The van der Waals surface area contributed by atoms with Crippen molar-refractivity contribution in [1.82, 2.24) is 10.3 Å². The number of ether oxygens (including phenoxy) is 1. The summed E-state index contributed by atoms with van der Waals surface area (Å²) in [6.45, 7) is 0.574. The lowest BCUT2D eigenvalue weighted by Crippen LogP contribution is -2.39. The fourth-order valence-corrected chi connectivity index (χ4v) is 3.79. The second kappa shape index (κ2) is 7.22. The molecule has 0 saturated heterocycles. The number of rotatable bonds is 5. The van der Waals surface area contributed by atoms with Gasteiger partial charge in [-0.25, -0.2) is 0 Å². The molecule has 4 nitrogen and oxygen atoms in total. The first-order chi connectivity index (χ1) is 11.7. The van der Waals surface area contributed by atoms with Crippen LogP contribution in [-0.4, -0.2) is 24.5 Å². The Bertz CT molecular complexity index is 727. The number of carbonyl (C=O) groups excluding carboxylic acids is 1. The molecule has 0 bridgehead atoms. The maximum absolute atomic E-state index is 12.5. The molecular weight excluding hydrogens is 324 g/mol. The van der Waals surface area contributed by atoms with E-state index in [9.17, 15) is 4.79 Å². The molecule has 1 aliphatic rings. The number of halogens is 1. The molecule has 1 N–H and O–H groups in total. The summed E-state index contributed by atoms with van der Waals surface area (Å²) in [5.41, 5.74) is 1.55. The summed E-state index contributed by atoms with van der Waals surface area (Å²) in [4.78, 5) is 16.4. The molecule has 5 heteroatoms. The van der Waals surface area contributed by atoms with Crippen molar-refractivity contribution in [3.63, 3.8) is 0 Å². The first-order valence-electron chi connectivity index (χ1n) is 8.17. The third-order valence-corrected chi connectivity index (χ3v) is 5.14. The average Bonchev–Trinajstić information content (AvgIpc) is 3.10. The van der Waals surface area contributed by atoms with Crippen LogP contribution in [0.15, 0.2) is 42.7 Å². The van der Waals surface area contributed by atoms with Crippen LogP contribution in [0.2, 0.25) is 5.02 Å². The fraction of sp³-hybridized carbons (Fsp3) is 0.368. The maximum atomic E-state index is 12.5. The van der Waals surface area contributed by atoms with Gasteiger partial charge in [-0.3, -0.25) is 9.78 Å². The zero-order valence-electron chi connectivity index (χ0n) is 13.7. The van der Waals surface area contributed by atoms with Crippen molar-refractivity contribution in [3.8, 4) is 5.75 Å². The second-order valence-electron chi connectivity index (χ2n) is 6.23. The molecule has 1 saturated carbocycles. The normalized spacial score (nSPS) is 15.9. The third kappa shape index (κ3) is 3.24. The molecule has 0 atom stereocenters. The lowest BCUT2D eigenvalue weighted by Gasteiger charge is -2.31. The van der Waals surface area contributed by atoms with Crippen molar-refractivity contribution in [2.45, 2.75) is 31.1 Å². The van der Waals surface area contributed by atoms with Gasteiger partial charge in [0.2, 0.25) is 0 Å². The molecule has 2 aromatic rings. The third-order valence-electron chi connectivity index (χ3n) is 4.84. The van der Waals surface area contributed by atoms with Gasteiger partial charge in [0.1, 0.15) is 5.75 Å². The van der Waals surface area contributed by atoms with Gasteiger partial charge in [-0.2, -0.15) is 0 Å². The summed E-state index contributed by atoms with van der Waals surface area (Å²) in [5, 5.41) is 3.43. The van der Waals surface area contributed by atoms with Gasteiger partial charge in [-0.05, 0) is 25.0 Å². The number of methoxy groups -OCH3 is 1. The smallest absolute Gasteiger partial charge is 0.252 e. The number of aromatic nitrogens is 1. The van der Waals surface area contributed by atoms with Gasteiger partial charge < -0.3 is 10.1 Å². The molecule has 1 aromatic heterocycles. The predicted octanol–water partition coefficient (Wildman–Crippen LogP) is 3.99. The average molecular weight is 345 g/mol. The van der Waals surface area contributed by atoms with E-state index in [2.05, 4.69) is 16.4 Å². The Hall–Kier alpha value is -2.07. The van der Waals surface area contributed by atoms with E-state index in [1.54, 1.807) is 19.4 Å². The number of nitrogens with one attached hydrogen (secondary N) is 1. The van der Waals surface area contributed by atoms with E-state index in [0.29, 0.717) is 17.1 Å². The highest BCUT2D eigenvalue weighted by atomic mass is 35.5. The Kier molecular flexibility index (Phi) is 5.05. The number of benzene rings is 1. The monoisotopic (exact) mass is 344 g/mol. The number of amides is 1. The summed E-state index contributed by atoms with van der Waals surface area (Å²) in [7, 11) is 1.69. The predicted molar refractivity (Wildman–Crippen MR) is 94.7 cm³/mol. The molecule has 0 aliphatic heterocycles. The summed E-state index contributed by atoms with van der Waals surface area (Å²) in [6.07, 6.45) is 7.46. The van der Waals surface area contributed by atoms with Crippen LogP contribution in [0, 0.1) is 0 Å². The summed E-state index contributed by atoms with van der Waals surface area (Å²) < 4.78 is 5.55. The highest BCUT2D eigenvalue weighted by molar-refractivity contribution is 6.33. The van der Waals surface area contributed by atoms with Crippen LogP contribution in [0.3, 0.4) is 0 Å². The molecule has 3 rings (SSSR count). The number of hydrogen-bond donors (Lipinski definition) is 1. The van der Waals surface area contributed by atoms with Crippen LogP contribution in [-0.2, 0) is 5.41 Å². The molecule has 1 aromatic carbocycles. The van der Waals surface area contributed by atoms with Gasteiger partial charge in [0, 0.05) is 29.9 Å². The Morgan fingerprint density at radius 2 is 2.04 bits per heavy atom. The van der Waals surface area contributed by atoms with E-state index in [1.165, 1.54) is 11.8 Å². The van der Waals surface area contributed by atoms with Gasteiger partial charge in [0.05, 0.1) is 17.7 Å². The lowest BCUT2D eigenvalue weighted by atomic mass is 9.78. The van der Waals surface area contributed by atoms with Gasteiger partial charge in [0.25, 0.3) is 5.91 Å². The largest absolute Gasteiger partial charge is 0.496 e. The number of carbonyl (C=O) groups is 1. The van der Waals surface area contributed by atoms with Crippen molar-refractivity contribution >= 4 is 17.5 Å². The van der Waals surface area contributed by atoms with Crippen LogP contribution in [0.1, 0.15) is 41.6 Å². The molecule has 1 aliphatic carbocycles. The molecule has 1 amide bonds. The van der Waals surface area contributed by atoms with E-state index in [0.717, 1.165) is 31.4 Å². The summed E-state index contributed by atoms with van der Waals surface area (Å²) in [5.74, 6) is 0.721. The first kappa shape index (κ1) is 16.8. The Balaban J connectivity index is 1.82. The highest BCUT2D eigenvalue weighted by Crippen LogP contribution is 2.44. The van der Waals surface area contributed by atoms with Crippen LogP contribution in [0.4, 0.5) is 0 Å². The number of pyridine rings is 1. The molecule has 1 fully saturated rings. The number of para-hydroxylation sites is 1. The van der Waals surface area contributed by atoms with E-state index in [-0.39, 0.29) is 11.3 Å². The van der Waals surface area contributed by atoms with Crippen molar-refractivity contribution < 1.29 is 9.53 Å². The minimum absolute atomic E-state index is 0.0816. The molecule has 0 unspecified atom stereocenters. The van der Waals surface area contributed by atoms with E-state index in [1.807, 2.05) is 18.2 Å². The zero-order valence-corrected chi connectivity index (χ0v) is 14.5. The maximum Gasteiger partial charge on any atom is 0.252 e. The molecular formula is C19H21ClN2O2. The fourth-order valence-electron chi connectivity index (χ4n) is 3.58. The number of hydrogen-bond acceptors (Lipinski definition) is 3. The topological polar surface area (TPSA) is 51.2 Å². The molecule has 24 heavy (non-hydrogen) atoms. The quantitative estimate of drug-likeness (QED) is 0.892. The van der Waals surface area contributed by atoms with Crippen LogP contribution < -0.4 is 10.1 Å². The van der Waals surface area contributed by atoms with Crippen LogP contribution in [0.25, 0.3) is 0 Å². The van der Waals surface area contributed by atoms with Gasteiger partial charge in [-0.15, -0.1) is 0 Å². The Morgan fingerprint density at radius 1 is 1.29 bits per heavy atom. The minimum atomic E-state index is -0.163. The minimum Gasteiger partial charge on any atom is -0.496 e. The second-order valence-corrected chi connectivity index (χ2v) is 6.63.